The van der Waals surface area contributed by atoms with Gasteiger partial charge < -0.3 is 10.1 Å². The van der Waals surface area contributed by atoms with Crippen molar-refractivity contribution < 1.29 is 4.74 Å². The number of anilines is 1. The molecule has 6 heteroatoms. The Hall–Kier alpha value is -1.10. The van der Waals surface area contributed by atoms with Gasteiger partial charge in [0.2, 0.25) is 11.2 Å². The highest BCUT2D eigenvalue weighted by molar-refractivity contribution is 6.28. The summed E-state index contributed by atoms with van der Waals surface area (Å²) in [6.45, 7) is 7.76. The van der Waals surface area contributed by atoms with Gasteiger partial charge in [0.05, 0.1) is 6.61 Å². The molecule has 1 saturated carbocycles. The smallest absolute Gasteiger partial charge is 0.322 e. The fourth-order valence-corrected chi connectivity index (χ4v) is 2.13. The highest BCUT2D eigenvalue weighted by Gasteiger charge is 2.45. The van der Waals surface area contributed by atoms with E-state index in [1.165, 1.54) is 12.8 Å². The molecule has 0 amide bonds. The number of ether oxygens (including phenoxy) is 1. The molecule has 18 heavy (non-hydrogen) atoms. The number of aromatic nitrogens is 3. The third-order valence-corrected chi connectivity index (χ3v) is 3.75. The Morgan fingerprint density at radius 3 is 2.61 bits per heavy atom. The number of halogens is 1. The zero-order valence-electron chi connectivity index (χ0n) is 11.0. The van der Waals surface area contributed by atoms with Crippen LogP contribution in [0.1, 0.15) is 33.6 Å². The fourth-order valence-electron chi connectivity index (χ4n) is 1.98. The van der Waals surface area contributed by atoms with Gasteiger partial charge >= 0.3 is 6.01 Å². The van der Waals surface area contributed by atoms with Crippen LogP contribution in [0.15, 0.2) is 0 Å². The van der Waals surface area contributed by atoms with E-state index in [2.05, 4.69) is 34.1 Å². The van der Waals surface area contributed by atoms with Gasteiger partial charge in [0.1, 0.15) is 0 Å². The Balaban J connectivity index is 2.01. The summed E-state index contributed by atoms with van der Waals surface area (Å²) in [4.78, 5) is 12.1. The normalized spacial score (nSPS) is 16.7. The second kappa shape index (κ2) is 5.26. The maximum Gasteiger partial charge on any atom is 0.322 e. The summed E-state index contributed by atoms with van der Waals surface area (Å²) in [5.74, 6) is 1.15. The first-order chi connectivity index (χ1) is 8.55. The second-order valence-corrected chi connectivity index (χ2v) is 5.35. The minimum Gasteiger partial charge on any atom is -0.464 e. The number of hydrogen-bond acceptors (Lipinski definition) is 5. The summed E-state index contributed by atoms with van der Waals surface area (Å²) in [5.41, 5.74) is 0.394. The topological polar surface area (TPSA) is 59.9 Å². The van der Waals surface area contributed by atoms with Gasteiger partial charge in [-0.25, -0.2) is 0 Å². The zero-order chi connectivity index (χ0) is 13.2. The average Bonchev–Trinajstić information content (AvgIpc) is 3.07. The lowest BCUT2D eigenvalue weighted by molar-refractivity contribution is 0.311. The SMILES string of the molecule is CCOc1nc(Cl)nc(NCC2(C(C)C)CC2)n1. The van der Waals surface area contributed by atoms with Gasteiger partial charge in [-0.2, -0.15) is 15.0 Å². The minimum atomic E-state index is 0.158. The molecule has 0 atom stereocenters. The van der Waals surface area contributed by atoms with E-state index >= 15 is 0 Å². The highest BCUT2D eigenvalue weighted by atomic mass is 35.5. The molecule has 2 rings (SSSR count). The summed E-state index contributed by atoms with van der Waals surface area (Å²) >= 11 is 5.83. The van der Waals surface area contributed by atoms with Crippen molar-refractivity contribution in [1.29, 1.82) is 0 Å². The standard InChI is InChI=1S/C12H19ClN4O/c1-4-18-11-16-9(13)15-10(17-11)14-7-12(5-6-12)8(2)3/h8H,4-7H2,1-3H3,(H,14,15,16,17). The quantitative estimate of drug-likeness (QED) is 0.861. The molecule has 1 aliphatic rings. The van der Waals surface area contributed by atoms with Crippen LogP contribution in [0.4, 0.5) is 5.95 Å². The van der Waals surface area contributed by atoms with E-state index in [1.807, 2.05) is 6.92 Å². The van der Waals surface area contributed by atoms with Crippen LogP contribution in [0, 0.1) is 11.3 Å². The van der Waals surface area contributed by atoms with Crippen LogP contribution >= 0.6 is 11.6 Å². The summed E-state index contributed by atoms with van der Waals surface area (Å²) in [5, 5.41) is 3.40. The monoisotopic (exact) mass is 270 g/mol. The van der Waals surface area contributed by atoms with E-state index in [-0.39, 0.29) is 11.3 Å². The van der Waals surface area contributed by atoms with Gasteiger partial charge in [-0.15, -0.1) is 0 Å². The maximum atomic E-state index is 5.83. The zero-order valence-corrected chi connectivity index (χ0v) is 11.8. The highest BCUT2D eigenvalue weighted by Crippen LogP contribution is 2.51. The molecule has 0 radical (unpaired) electrons. The number of nitrogens with zero attached hydrogens (tertiary/aromatic N) is 3. The van der Waals surface area contributed by atoms with E-state index < -0.39 is 0 Å². The van der Waals surface area contributed by atoms with E-state index in [4.69, 9.17) is 16.3 Å². The van der Waals surface area contributed by atoms with Gasteiger partial charge in [0.15, 0.2) is 0 Å². The predicted octanol–water partition coefficient (Wildman–Crippen LogP) is 2.77. The summed E-state index contributed by atoms with van der Waals surface area (Å²) in [6, 6.07) is 0.273. The Labute approximate surface area is 112 Å². The summed E-state index contributed by atoms with van der Waals surface area (Å²) in [7, 11) is 0. The molecule has 0 bridgehead atoms. The molecule has 1 aliphatic carbocycles. The molecule has 0 spiro atoms. The summed E-state index contributed by atoms with van der Waals surface area (Å²) < 4.78 is 5.24. The lowest BCUT2D eigenvalue weighted by Crippen LogP contribution is -2.22. The van der Waals surface area contributed by atoms with Crippen molar-refractivity contribution in [2.75, 3.05) is 18.5 Å². The molecule has 1 aromatic heterocycles. The van der Waals surface area contributed by atoms with Gasteiger partial charge in [-0.1, -0.05) is 13.8 Å². The third-order valence-electron chi connectivity index (χ3n) is 3.58. The Kier molecular flexibility index (Phi) is 3.90. The first kappa shape index (κ1) is 13.3. The minimum absolute atomic E-state index is 0.158. The first-order valence-corrected chi connectivity index (χ1v) is 6.72. The van der Waals surface area contributed by atoms with Crippen LogP contribution in [-0.2, 0) is 0 Å². The number of nitrogens with one attached hydrogen (secondary N) is 1. The summed E-state index contributed by atoms with van der Waals surface area (Å²) in [6.07, 6.45) is 2.52. The first-order valence-electron chi connectivity index (χ1n) is 6.34. The van der Waals surface area contributed by atoms with E-state index in [0.29, 0.717) is 23.9 Å². The van der Waals surface area contributed by atoms with Gasteiger partial charge in [-0.3, -0.25) is 0 Å². The Morgan fingerprint density at radius 2 is 2.06 bits per heavy atom. The Bertz CT molecular complexity index is 421. The van der Waals surface area contributed by atoms with Crippen LogP contribution in [0.5, 0.6) is 6.01 Å². The molecule has 0 aliphatic heterocycles. The average molecular weight is 271 g/mol. The molecule has 1 fully saturated rings. The maximum absolute atomic E-state index is 5.83. The van der Waals surface area contributed by atoms with Crippen molar-refractivity contribution in [3.8, 4) is 6.01 Å². The molecule has 1 aromatic rings. The fraction of sp³-hybridized carbons (Fsp3) is 0.750. The number of hydrogen-bond donors (Lipinski definition) is 1. The predicted molar refractivity (Wildman–Crippen MR) is 71.0 cm³/mol. The van der Waals surface area contributed by atoms with Crippen LogP contribution < -0.4 is 10.1 Å². The molecule has 100 valence electrons. The van der Waals surface area contributed by atoms with Crippen molar-refractivity contribution in [1.82, 2.24) is 15.0 Å². The molecule has 0 unspecified atom stereocenters. The van der Waals surface area contributed by atoms with E-state index in [1.54, 1.807) is 0 Å². The van der Waals surface area contributed by atoms with Crippen molar-refractivity contribution >= 4 is 17.5 Å². The van der Waals surface area contributed by atoms with Crippen molar-refractivity contribution in [3.63, 3.8) is 0 Å². The molecule has 5 nitrogen and oxygen atoms in total. The van der Waals surface area contributed by atoms with Crippen molar-refractivity contribution in [2.45, 2.75) is 33.6 Å². The van der Waals surface area contributed by atoms with Crippen LogP contribution in [-0.4, -0.2) is 28.1 Å². The largest absolute Gasteiger partial charge is 0.464 e. The Morgan fingerprint density at radius 1 is 1.33 bits per heavy atom. The van der Waals surface area contributed by atoms with Gasteiger partial charge in [0, 0.05) is 6.54 Å². The van der Waals surface area contributed by atoms with Crippen molar-refractivity contribution in [3.05, 3.63) is 5.28 Å². The van der Waals surface area contributed by atoms with Crippen LogP contribution in [0.25, 0.3) is 0 Å². The molecule has 1 N–H and O–H groups in total. The number of rotatable bonds is 6. The molecular formula is C12H19ClN4O. The molecule has 0 aromatic carbocycles. The van der Waals surface area contributed by atoms with Crippen LogP contribution in [0.2, 0.25) is 5.28 Å². The van der Waals surface area contributed by atoms with Gasteiger partial charge in [0.25, 0.3) is 0 Å². The van der Waals surface area contributed by atoms with E-state index in [9.17, 15) is 0 Å². The van der Waals surface area contributed by atoms with E-state index in [0.717, 1.165) is 6.54 Å². The van der Waals surface area contributed by atoms with Crippen LogP contribution in [0.3, 0.4) is 0 Å². The molecular weight excluding hydrogens is 252 g/mol. The molecule has 1 heterocycles. The lowest BCUT2D eigenvalue weighted by atomic mass is 9.92. The second-order valence-electron chi connectivity index (χ2n) is 5.01. The van der Waals surface area contributed by atoms with Crippen molar-refractivity contribution in [2.24, 2.45) is 11.3 Å². The lowest BCUT2D eigenvalue weighted by Gasteiger charge is -2.19. The third kappa shape index (κ3) is 3.02. The molecule has 0 saturated heterocycles. The van der Waals surface area contributed by atoms with Gasteiger partial charge in [-0.05, 0) is 42.7 Å².